The lowest BCUT2D eigenvalue weighted by molar-refractivity contribution is 0.249. The van der Waals surface area contributed by atoms with Gasteiger partial charge in [0.25, 0.3) is 0 Å². The minimum Gasteiger partial charge on any atom is -0.317 e. The van der Waals surface area contributed by atoms with Gasteiger partial charge in [-0.15, -0.1) is 0 Å². The molecule has 0 spiro atoms. The first kappa shape index (κ1) is 15.9. The first-order valence-electron chi connectivity index (χ1n) is 6.85. The van der Waals surface area contributed by atoms with E-state index < -0.39 is 9.84 Å². The monoisotopic (exact) mass is 276 g/mol. The third kappa shape index (κ3) is 4.86. The summed E-state index contributed by atoms with van der Waals surface area (Å²) in [4.78, 5) is 2.18. The molecule has 0 aromatic carbocycles. The van der Waals surface area contributed by atoms with E-state index in [0.29, 0.717) is 12.0 Å². The highest BCUT2D eigenvalue weighted by molar-refractivity contribution is 7.91. The smallest absolute Gasteiger partial charge is 0.150 e. The molecule has 0 aliphatic heterocycles. The number of rotatable bonds is 6. The van der Waals surface area contributed by atoms with E-state index in [1.165, 1.54) is 6.26 Å². The third-order valence-corrected chi connectivity index (χ3v) is 5.74. The van der Waals surface area contributed by atoms with Crippen LogP contribution in [-0.2, 0) is 9.84 Å². The normalized spacial score (nSPS) is 27.4. The molecule has 1 saturated carbocycles. The van der Waals surface area contributed by atoms with Crippen LogP contribution in [0.15, 0.2) is 0 Å². The molecule has 1 N–H and O–H groups in total. The second-order valence-corrected chi connectivity index (χ2v) is 8.19. The molecule has 1 fully saturated rings. The van der Waals surface area contributed by atoms with Crippen LogP contribution in [0.5, 0.6) is 0 Å². The van der Waals surface area contributed by atoms with Gasteiger partial charge in [0, 0.05) is 12.3 Å². The van der Waals surface area contributed by atoms with Crippen molar-refractivity contribution in [3.05, 3.63) is 0 Å². The SMILES string of the molecule is CNC(CCN(C)C)C1CCCC(S(C)(=O)=O)C1. The number of sulfone groups is 1. The van der Waals surface area contributed by atoms with Gasteiger partial charge in [-0.3, -0.25) is 0 Å². The van der Waals surface area contributed by atoms with Crippen LogP contribution in [0, 0.1) is 5.92 Å². The van der Waals surface area contributed by atoms with Crippen molar-refractivity contribution in [2.75, 3.05) is 33.9 Å². The Morgan fingerprint density at radius 2 is 2.00 bits per heavy atom. The Bertz CT molecular complexity index is 341. The van der Waals surface area contributed by atoms with Crippen molar-refractivity contribution >= 4 is 9.84 Å². The van der Waals surface area contributed by atoms with E-state index in [1.54, 1.807) is 0 Å². The average Bonchev–Trinajstić information content (AvgIpc) is 2.29. The molecule has 1 aliphatic rings. The molecule has 0 aromatic rings. The van der Waals surface area contributed by atoms with Crippen molar-refractivity contribution in [2.24, 2.45) is 5.92 Å². The molecule has 108 valence electrons. The molecule has 0 amide bonds. The molecular weight excluding hydrogens is 248 g/mol. The highest BCUT2D eigenvalue weighted by Crippen LogP contribution is 2.31. The number of hydrogen-bond acceptors (Lipinski definition) is 4. The van der Waals surface area contributed by atoms with Crippen molar-refractivity contribution in [3.8, 4) is 0 Å². The van der Waals surface area contributed by atoms with E-state index in [-0.39, 0.29) is 5.25 Å². The molecule has 4 nitrogen and oxygen atoms in total. The van der Waals surface area contributed by atoms with Crippen LogP contribution < -0.4 is 5.32 Å². The summed E-state index contributed by atoms with van der Waals surface area (Å²) in [7, 11) is 3.27. The predicted octanol–water partition coefficient (Wildman–Crippen LogP) is 1.13. The average molecular weight is 276 g/mol. The van der Waals surface area contributed by atoms with E-state index in [2.05, 4.69) is 24.3 Å². The molecule has 18 heavy (non-hydrogen) atoms. The molecule has 0 radical (unpaired) electrons. The fraction of sp³-hybridized carbons (Fsp3) is 1.00. The van der Waals surface area contributed by atoms with Crippen LogP contribution >= 0.6 is 0 Å². The minimum atomic E-state index is -2.87. The molecule has 3 atom stereocenters. The van der Waals surface area contributed by atoms with Crippen LogP contribution in [0.25, 0.3) is 0 Å². The molecule has 3 unspecified atom stereocenters. The molecule has 0 bridgehead atoms. The van der Waals surface area contributed by atoms with Crippen molar-refractivity contribution in [2.45, 2.75) is 43.4 Å². The third-order valence-electron chi connectivity index (χ3n) is 4.10. The highest BCUT2D eigenvalue weighted by atomic mass is 32.2. The molecule has 0 heterocycles. The van der Waals surface area contributed by atoms with Crippen molar-refractivity contribution in [3.63, 3.8) is 0 Å². The second-order valence-electron chi connectivity index (χ2n) is 5.87. The largest absolute Gasteiger partial charge is 0.317 e. The summed E-state index contributed by atoms with van der Waals surface area (Å²) in [6, 6.07) is 0.442. The maximum atomic E-state index is 11.7. The topological polar surface area (TPSA) is 49.4 Å². The van der Waals surface area contributed by atoms with Gasteiger partial charge in [-0.25, -0.2) is 8.42 Å². The Balaban J connectivity index is 2.58. The van der Waals surface area contributed by atoms with E-state index in [4.69, 9.17) is 0 Å². The number of nitrogens with zero attached hydrogens (tertiary/aromatic N) is 1. The standard InChI is InChI=1S/C13H28N2O2S/c1-14-13(8-9-15(2)3)11-6-5-7-12(10-11)18(4,16)17/h11-14H,5-10H2,1-4H3. The van der Waals surface area contributed by atoms with E-state index in [1.807, 2.05) is 7.05 Å². The molecule has 1 rings (SSSR count). The fourth-order valence-corrected chi connectivity index (χ4v) is 4.14. The summed E-state index contributed by atoms with van der Waals surface area (Å²) in [6.45, 7) is 1.05. The van der Waals surface area contributed by atoms with Crippen molar-refractivity contribution in [1.82, 2.24) is 10.2 Å². The van der Waals surface area contributed by atoms with Crippen molar-refractivity contribution in [1.29, 1.82) is 0 Å². The van der Waals surface area contributed by atoms with E-state index in [0.717, 1.165) is 38.6 Å². The van der Waals surface area contributed by atoms with Crippen LogP contribution in [0.4, 0.5) is 0 Å². The van der Waals surface area contributed by atoms with Gasteiger partial charge in [0.15, 0.2) is 0 Å². The van der Waals surface area contributed by atoms with E-state index in [9.17, 15) is 8.42 Å². The Hall–Kier alpha value is -0.130. The molecule has 5 heteroatoms. The van der Waals surface area contributed by atoms with Gasteiger partial charge in [-0.05, 0) is 59.3 Å². The predicted molar refractivity (Wildman–Crippen MR) is 76.6 cm³/mol. The first-order valence-corrected chi connectivity index (χ1v) is 8.81. The van der Waals surface area contributed by atoms with Crippen molar-refractivity contribution < 1.29 is 8.42 Å². The quantitative estimate of drug-likeness (QED) is 0.790. The Morgan fingerprint density at radius 3 is 2.50 bits per heavy atom. The van der Waals surface area contributed by atoms with Gasteiger partial charge in [0.1, 0.15) is 9.84 Å². The molecule has 0 aromatic heterocycles. The number of hydrogen-bond donors (Lipinski definition) is 1. The summed E-state index contributed by atoms with van der Waals surface area (Å²) >= 11 is 0. The fourth-order valence-electron chi connectivity index (χ4n) is 2.95. The Kier molecular flexibility index (Phi) is 6.08. The van der Waals surface area contributed by atoms with Gasteiger partial charge in [0.05, 0.1) is 5.25 Å². The van der Waals surface area contributed by atoms with Gasteiger partial charge in [-0.1, -0.05) is 6.42 Å². The van der Waals surface area contributed by atoms with Crippen LogP contribution in [0.3, 0.4) is 0 Å². The zero-order valence-corrected chi connectivity index (χ0v) is 13.0. The Labute approximate surface area is 112 Å². The zero-order chi connectivity index (χ0) is 13.8. The van der Waals surface area contributed by atoms with Gasteiger partial charge < -0.3 is 10.2 Å². The summed E-state index contributed by atoms with van der Waals surface area (Å²) < 4.78 is 23.4. The Morgan fingerprint density at radius 1 is 1.33 bits per heavy atom. The summed E-state index contributed by atoms with van der Waals surface area (Å²) in [6.07, 6.45) is 6.35. The lowest BCUT2D eigenvalue weighted by Gasteiger charge is -2.34. The second kappa shape index (κ2) is 6.87. The highest BCUT2D eigenvalue weighted by Gasteiger charge is 2.32. The van der Waals surface area contributed by atoms with E-state index >= 15 is 0 Å². The molecule has 1 aliphatic carbocycles. The van der Waals surface area contributed by atoms with Gasteiger partial charge >= 0.3 is 0 Å². The lowest BCUT2D eigenvalue weighted by Crippen LogP contribution is -2.41. The van der Waals surface area contributed by atoms with Crippen LogP contribution in [0.2, 0.25) is 0 Å². The summed E-state index contributed by atoms with van der Waals surface area (Å²) in [5.74, 6) is 0.503. The van der Waals surface area contributed by atoms with Gasteiger partial charge in [-0.2, -0.15) is 0 Å². The lowest BCUT2D eigenvalue weighted by atomic mass is 9.82. The van der Waals surface area contributed by atoms with Crippen LogP contribution in [-0.4, -0.2) is 58.6 Å². The summed E-state index contributed by atoms with van der Waals surface area (Å²) in [5, 5.41) is 3.26. The maximum Gasteiger partial charge on any atom is 0.150 e. The summed E-state index contributed by atoms with van der Waals surface area (Å²) in [5.41, 5.74) is 0. The number of nitrogens with one attached hydrogen (secondary N) is 1. The van der Waals surface area contributed by atoms with Crippen LogP contribution in [0.1, 0.15) is 32.1 Å². The maximum absolute atomic E-state index is 11.7. The van der Waals surface area contributed by atoms with Gasteiger partial charge in [0.2, 0.25) is 0 Å². The molecule has 0 saturated heterocycles. The first-order chi connectivity index (χ1) is 8.34. The minimum absolute atomic E-state index is 0.119. The molecular formula is C13H28N2O2S. The zero-order valence-electron chi connectivity index (χ0n) is 12.1.